The molecule has 14 heavy (non-hydrogen) atoms. The quantitative estimate of drug-likeness (QED) is 0.737. The Kier molecular flexibility index (Phi) is 3.12. The number of nitrogens with zero attached hydrogens (tertiary/aromatic N) is 1. The van der Waals surface area contributed by atoms with Crippen LogP contribution in [0.3, 0.4) is 0 Å². The third kappa shape index (κ3) is 1.95. The van der Waals surface area contributed by atoms with E-state index in [0.717, 1.165) is 0 Å². The molecule has 1 aliphatic heterocycles. The van der Waals surface area contributed by atoms with Gasteiger partial charge in [-0.15, -0.1) is 0 Å². The van der Waals surface area contributed by atoms with Gasteiger partial charge in [-0.25, -0.2) is 0 Å². The summed E-state index contributed by atoms with van der Waals surface area (Å²) in [5.74, 6) is 0. The van der Waals surface area contributed by atoms with Crippen molar-refractivity contribution in [1.29, 1.82) is 0 Å². The first kappa shape index (κ1) is 10.0. The second-order valence-electron chi connectivity index (χ2n) is 3.95. The summed E-state index contributed by atoms with van der Waals surface area (Å²) in [5, 5.41) is 0. The van der Waals surface area contributed by atoms with E-state index >= 15 is 0 Å². The van der Waals surface area contributed by atoms with Crippen molar-refractivity contribution in [3.05, 3.63) is 28.2 Å². The third-order valence-electron chi connectivity index (χ3n) is 2.86. The van der Waals surface area contributed by atoms with Gasteiger partial charge in [0.05, 0.1) is 5.69 Å². The van der Waals surface area contributed by atoms with Gasteiger partial charge in [-0.1, -0.05) is 12.1 Å². The van der Waals surface area contributed by atoms with Gasteiger partial charge in [-0.2, -0.15) is 0 Å². The summed E-state index contributed by atoms with van der Waals surface area (Å²) in [5.41, 5.74) is 2.77. The summed E-state index contributed by atoms with van der Waals surface area (Å²) in [6.45, 7) is 4.61. The molecule has 2 heteroatoms. The topological polar surface area (TPSA) is 3.24 Å². The molecule has 0 bridgehead atoms. The Morgan fingerprint density at radius 3 is 2.50 bits per heavy atom. The largest absolute Gasteiger partial charge is 0.370 e. The maximum absolute atomic E-state index is 3.64. The van der Waals surface area contributed by atoms with Crippen LogP contribution in [0.15, 0.2) is 22.7 Å². The Morgan fingerprint density at radius 1 is 1.14 bits per heavy atom. The minimum Gasteiger partial charge on any atom is -0.370 e. The van der Waals surface area contributed by atoms with E-state index < -0.39 is 0 Å². The summed E-state index contributed by atoms with van der Waals surface area (Å²) in [7, 11) is 0. The molecule has 0 unspecified atom stereocenters. The number of benzene rings is 1. The van der Waals surface area contributed by atoms with Crippen molar-refractivity contribution in [2.45, 2.75) is 26.2 Å². The average molecular weight is 254 g/mol. The number of piperidine rings is 1. The molecular formula is C12H16BrN. The summed E-state index contributed by atoms with van der Waals surface area (Å²) >= 11 is 3.64. The molecule has 0 N–H and O–H groups in total. The van der Waals surface area contributed by atoms with E-state index in [1.54, 1.807) is 0 Å². The first-order valence-electron chi connectivity index (χ1n) is 5.29. The van der Waals surface area contributed by atoms with Crippen LogP contribution in [0, 0.1) is 6.92 Å². The summed E-state index contributed by atoms with van der Waals surface area (Å²) < 4.78 is 1.24. The van der Waals surface area contributed by atoms with Gasteiger partial charge in [0.1, 0.15) is 0 Å². The van der Waals surface area contributed by atoms with Crippen molar-refractivity contribution >= 4 is 21.6 Å². The predicted octanol–water partition coefficient (Wildman–Crippen LogP) is 3.75. The minimum atomic E-state index is 1.21. The van der Waals surface area contributed by atoms with Gasteiger partial charge in [0.25, 0.3) is 0 Å². The monoisotopic (exact) mass is 253 g/mol. The maximum Gasteiger partial charge on any atom is 0.0540 e. The van der Waals surface area contributed by atoms with E-state index in [0.29, 0.717) is 0 Å². The number of hydrogen-bond donors (Lipinski definition) is 0. The van der Waals surface area contributed by atoms with Crippen LogP contribution in [-0.4, -0.2) is 13.1 Å². The zero-order valence-corrected chi connectivity index (χ0v) is 10.2. The van der Waals surface area contributed by atoms with Crippen molar-refractivity contribution in [3.63, 3.8) is 0 Å². The molecule has 1 heterocycles. The van der Waals surface area contributed by atoms with E-state index in [9.17, 15) is 0 Å². The lowest BCUT2D eigenvalue weighted by molar-refractivity contribution is 0.576. The van der Waals surface area contributed by atoms with E-state index in [2.05, 4.69) is 46.0 Å². The number of hydrogen-bond acceptors (Lipinski definition) is 1. The highest BCUT2D eigenvalue weighted by atomic mass is 79.9. The molecule has 0 saturated carbocycles. The van der Waals surface area contributed by atoms with Crippen LogP contribution < -0.4 is 4.90 Å². The van der Waals surface area contributed by atoms with Crippen LogP contribution in [0.2, 0.25) is 0 Å². The SMILES string of the molecule is Cc1cccc(Br)c1N1CCCCC1. The average Bonchev–Trinajstić information content (AvgIpc) is 2.19. The maximum atomic E-state index is 3.64. The van der Waals surface area contributed by atoms with Crippen LogP contribution in [0.4, 0.5) is 5.69 Å². The molecule has 0 amide bonds. The highest BCUT2D eigenvalue weighted by Crippen LogP contribution is 2.31. The molecule has 1 aromatic rings. The summed E-state index contributed by atoms with van der Waals surface area (Å²) in [6, 6.07) is 6.43. The molecule has 2 rings (SSSR count). The molecule has 1 aromatic carbocycles. The third-order valence-corrected chi connectivity index (χ3v) is 3.50. The molecular weight excluding hydrogens is 238 g/mol. The number of aryl methyl sites for hydroxylation is 1. The van der Waals surface area contributed by atoms with E-state index in [4.69, 9.17) is 0 Å². The summed E-state index contributed by atoms with van der Waals surface area (Å²) in [6.07, 6.45) is 4.06. The van der Waals surface area contributed by atoms with Gasteiger partial charge in [-0.3, -0.25) is 0 Å². The van der Waals surface area contributed by atoms with Crippen LogP contribution in [0.5, 0.6) is 0 Å². The molecule has 76 valence electrons. The number of halogens is 1. The molecule has 0 aromatic heterocycles. The van der Waals surface area contributed by atoms with Crippen LogP contribution >= 0.6 is 15.9 Å². The Labute approximate surface area is 94.2 Å². The van der Waals surface area contributed by atoms with Crippen molar-refractivity contribution in [2.24, 2.45) is 0 Å². The molecule has 1 nitrogen and oxygen atoms in total. The normalized spacial score (nSPS) is 17.1. The van der Waals surface area contributed by atoms with Gasteiger partial charge in [0, 0.05) is 17.6 Å². The second-order valence-corrected chi connectivity index (χ2v) is 4.81. The lowest BCUT2D eigenvalue weighted by Crippen LogP contribution is -2.30. The first-order chi connectivity index (χ1) is 6.79. The zero-order chi connectivity index (χ0) is 9.97. The van der Waals surface area contributed by atoms with Crippen LogP contribution in [-0.2, 0) is 0 Å². The molecule has 0 aliphatic carbocycles. The fourth-order valence-corrected chi connectivity index (χ4v) is 2.86. The lowest BCUT2D eigenvalue weighted by Gasteiger charge is -2.31. The lowest BCUT2D eigenvalue weighted by atomic mass is 10.1. The molecule has 0 spiro atoms. The standard InChI is InChI=1S/C12H16BrN/c1-10-6-5-7-11(13)12(10)14-8-3-2-4-9-14/h5-7H,2-4,8-9H2,1H3. The Bertz CT molecular complexity index is 296. The zero-order valence-electron chi connectivity index (χ0n) is 8.59. The van der Waals surface area contributed by atoms with Crippen LogP contribution in [0.25, 0.3) is 0 Å². The Balaban J connectivity index is 2.29. The molecule has 0 atom stereocenters. The van der Waals surface area contributed by atoms with Crippen molar-refractivity contribution in [2.75, 3.05) is 18.0 Å². The Morgan fingerprint density at radius 2 is 1.86 bits per heavy atom. The van der Waals surface area contributed by atoms with Crippen molar-refractivity contribution in [1.82, 2.24) is 0 Å². The van der Waals surface area contributed by atoms with Crippen molar-refractivity contribution in [3.8, 4) is 0 Å². The number of para-hydroxylation sites is 1. The number of rotatable bonds is 1. The van der Waals surface area contributed by atoms with E-state index in [1.807, 2.05) is 0 Å². The van der Waals surface area contributed by atoms with Gasteiger partial charge < -0.3 is 4.90 Å². The molecule has 1 saturated heterocycles. The fraction of sp³-hybridized carbons (Fsp3) is 0.500. The number of anilines is 1. The van der Waals surface area contributed by atoms with Crippen LogP contribution in [0.1, 0.15) is 24.8 Å². The molecule has 1 fully saturated rings. The molecule has 0 radical (unpaired) electrons. The summed E-state index contributed by atoms with van der Waals surface area (Å²) in [4.78, 5) is 2.50. The van der Waals surface area contributed by atoms with E-state index in [1.165, 1.54) is 48.1 Å². The van der Waals surface area contributed by atoms with Gasteiger partial charge in [0.2, 0.25) is 0 Å². The fourth-order valence-electron chi connectivity index (χ4n) is 2.14. The van der Waals surface area contributed by atoms with Gasteiger partial charge in [0.15, 0.2) is 0 Å². The second kappa shape index (κ2) is 4.35. The van der Waals surface area contributed by atoms with Gasteiger partial charge >= 0.3 is 0 Å². The van der Waals surface area contributed by atoms with Gasteiger partial charge in [-0.05, 0) is 53.7 Å². The highest BCUT2D eigenvalue weighted by Gasteiger charge is 2.14. The smallest absolute Gasteiger partial charge is 0.0540 e. The Hall–Kier alpha value is -0.500. The highest BCUT2D eigenvalue weighted by molar-refractivity contribution is 9.10. The predicted molar refractivity (Wildman–Crippen MR) is 64.9 cm³/mol. The van der Waals surface area contributed by atoms with Crippen molar-refractivity contribution < 1.29 is 0 Å². The molecule has 1 aliphatic rings. The minimum absolute atomic E-state index is 1.21. The van der Waals surface area contributed by atoms with E-state index in [-0.39, 0.29) is 0 Å². The first-order valence-corrected chi connectivity index (χ1v) is 6.08.